The molecule has 2 atom stereocenters. The molecular formula is C10H22N2O. The lowest BCUT2D eigenvalue weighted by atomic mass is 9.93. The Morgan fingerprint density at radius 1 is 1.46 bits per heavy atom. The van der Waals surface area contributed by atoms with Crippen molar-refractivity contribution in [2.75, 3.05) is 20.3 Å². The molecule has 1 aliphatic heterocycles. The number of rotatable bonds is 2. The van der Waals surface area contributed by atoms with Gasteiger partial charge in [0.05, 0.1) is 13.3 Å². The molecule has 13 heavy (non-hydrogen) atoms. The molecule has 0 radical (unpaired) electrons. The standard InChI is InChI=1S/C10H22N2O/c1-8-6-13-9(10(2,3)4)12(8)7-11-5/h8-9,11H,6-7H2,1-5H3/t8-,9?/m0/s1. The van der Waals surface area contributed by atoms with Crippen molar-refractivity contribution in [2.45, 2.75) is 40.0 Å². The van der Waals surface area contributed by atoms with Crippen LogP contribution in [0.4, 0.5) is 0 Å². The van der Waals surface area contributed by atoms with Crippen molar-refractivity contribution in [1.82, 2.24) is 10.2 Å². The fraction of sp³-hybridized carbons (Fsp3) is 1.00. The molecule has 1 fully saturated rings. The average Bonchev–Trinajstić information content (AvgIpc) is 2.32. The van der Waals surface area contributed by atoms with Gasteiger partial charge in [0.2, 0.25) is 0 Å². The van der Waals surface area contributed by atoms with Crippen molar-refractivity contribution in [3.8, 4) is 0 Å². The summed E-state index contributed by atoms with van der Waals surface area (Å²) < 4.78 is 5.78. The summed E-state index contributed by atoms with van der Waals surface area (Å²) in [6.07, 6.45) is 0.245. The number of nitrogens with zero attached hydrogens (tertiary/aromatic N) is 1. The van der Waals surface area contributed by atoms with Crippen LogP contribution in [0, 0.1) is 5.41 Å². The lowest BCUT2D eigenvalue weighted by Gasteiger charge is -2.34. The maximum atomic E-state index is 5.78. The third-order valence-corrected chi connectivity index (χ3v) is 2.44. The van der Waals surface area contributed by atoms with Crippen LogP contribution in [0.5, 0.6) is 0 Å². The summed E-state index contributed by atoms with van der Waals surface area (Å²) in [5, 5.41) is 3.19. The SMILES string of the molecule is CNCN1C(C(C)(C)C)OC[C@@H]1C. The van der Waals surface area contributed by atoms with Crippen molar-refractivity contribution in [3.63, 3.8) is 0 Å². The van der Waals surface area contributed by atoms with Gasteiger partial charge in [0.1, 0.15) is 6.23 Å². The Bertz CT molecular complexity index is 165. The second-order valence-electron chi connectivity index (χ2n) is 4.93. The zero-order chi connectivity index (χ0) is 10.1. The van der Waals surface area contributed by atoms with E-state index in [1.807, 2.05) is 7.05 Å². The van der Waals surface area contributed by atoms with Gasteiger partial charge in [0, 0.05) is 11.5 Å². The van der Waals surface area contributed by atoms with Crippen molar-refractivity contribution in [1.29, 1.82) is 0 Å². The van der Waals surface area contributed by atoms with E-state index in [4.69, 9.17) is 4.74 Å². The summed E-state index contributed by atoms with van der Waals surface area (Å²) >= 11 is 0. The molecule has 1 aliphatic rings. The molecule has 3 nitrogen and oxygen atoms in total. The molecule has 78 valence electrons. The van der Waals surface area contributed by atoms with Crippen molar-refractivity contribution >= 4 is 0 Å². The monoisotopic (exact) mass is 186 g/mol. The molecule has 0 spiro atoms. The molecule has 0 bridgehead atoms. The molecule has 0 saturated carbocycles. The fourth-order valence-electron chi connectivity index (χ4n) is 1.82. The highest BCUT2D eigenvalue weighted by Gasteiger charge is 2.38. The highest BCUT2D eigenvalue weighted by atomic mass is 16.5. The van der Waals surface area contributed by atoms with Crippen molar-refractivity contribution in [3.05, 3.63) is 0 Å². The van der Waals surface area contributed by atoms with Gasteiger partial charge in [-0.3, -0.25) is 4.90 Å². The van der Waals surface area contributed by atoms with Crippen LogP contribution in [0.3, 0.4) is 0 Å². The topological polar surface area (TPSA) is 24.5 Å². The predicted octanol–water partition coefficient (Wildman–Crippen LogP) is 1.26. The van der Waals surface area contributed by atoms with Gasteiger partial charge in [-0.15, -0.1) is 0 Å². The van der Waals surface area contributed by atoms with Crippen LogP contribution in [-0.2, 0) is 4.74 Å². The lowest BCUT2D eigenvalue weighted by Crippen LogP contribution is -2.46. The van der Waals surface area contributed by atoms with E-state index in [1.54, 1.807) is 0 Å². The van der Waals surface area contributed by atoms with Crippen LogP contribution >= 0.6 is 0 Å². The molecule has 1 rings (SSSR count). The molecule has 3 heteroatoms. The highest BCUT2D eigenvalue weighted by Crippen LogP contribution is 2.30. The number of hydrogen-bond donors (Lipinski definition) is 1. The van der Waals surface area contributed by atoms with Crippen LogP contribution in [-0.4, -0.2) is 37.5 Å². The van der Waals surface area contributed by atoms with Crippen molar-refractivity contribution in [2.24, 2.45) is 5.41 Å². The summed E-state index contributed by atoms with van der Waals surface area (Å²) in [6.45, 7) is 10.6. The summed E-state index contributed by atoms with van der Waals surface area (Å²) in [6, 6.07) is 0.525. The van der Waals surface area contributed by atoms with Gasteiger partial charge >= 0.3 is 0 Å². The highest BCUT2D eigenvalue weighted by molar-refractivity contribution is 4.84. The van der Waals surface area contributed by atoms with E-state index in [1.165, 1.54) is 0 Å². The zero-order valence-electron chi connectivity index (χ0n) is 9.42. The van der Waals surface area contributed by atoms with Crippen LogP contribution in [0.1, 0.15) is 27.7 Å². The second kappa shape index (κ2) is 3.95. The average molecular weight is 186 g/mol. The summed E-state index contributed by atoms with van der Waals surface area (Å²) in [7, 11) is 1.98. The number of hydrogen-bond acceptors (Lipinski definition) is 3. The Kier molecular flexibility index (Phi) is 3.33. The quantitative estimate of drug-likeness (QED) is 0.702. The van der Waals surface area contributed by atoms with E-state index in [-0.39, 0.29) is 11.6 Å². The summed E-state index contributed by atoms with van der Waals surface area (Å²) in [5.74, 6) is 0. The van der Waals surface area contributed by atoms with Crippen LogP contribution in [0.15, 0.2) is 0 Å². The first kappa shape index (κ1) is 11.0. The van der Waals surface area contributed by atoms with E-state index in [2.05, 4.69) is 37.9 Å². The Hall–Kier alpha value is -0.120. The Balaban J connectivity index is 2.64. The largest absolute Gasteiger partial charge is 0.361 e. The smallest absolute Gasteiger partial charge is 0.116 e. The van der Waals surface area contributed by atoms with E-state index in [0.29, 0.717) is 6.04 Å². The maximum Gasteiger partial charge on any atom is 0.116 e. The fourth-order valence-corrected chi connectivity index (χ4v) is 1.82. The molecule has 1 heterocycles. The van der Waals surface area contributed by atoms with E-state index < -0.39 is 0 Å². The Labute approximate surface area is 81.4 Å². The third-order valence-electron chi connectivity index (χ3n) is 2.44. The Morgan fingerprint density at radius 3 is 2.54 bits per heavy atom. The molecular weight excluding hydrogens is 164 g/mol. The van der Waals surface area contributed by atoms with Crippen molar-refractivity contribution < 1.29 is 4.74 Å². The Morgan fingerprint density at radius 2 is 2.08 bits per heavy atom. The first-order valence-corrected chi connectivity index (χ1v) is 4.98. The first-order valence-electron chi connectivity index (χ1n) is 4.98. The minimum Gasteiger partial charge on any atom is -0.361 e. The molecule has 1 unspecified atom stereocenters. The number of ether oxygens (including phenoxy) is 1. The first-order chi connectivity index (χ1) is 5.96. The van der Waals surface area contributed by atoms with E-state index in [0.717, 1.165) is 13.3 Å². The lowest BCUT2D eigenvalue weighted by molar-refractivity contribution is -0.0501. The normalized spacial score (nSPS) is 31.2. The van der Waals surface area contributed by atoms with Gasteiger partial charge in [-0.1, -0.05) is 20.8 Å². The zero-order valence-corrected chi connectivity index (χ0v) is 9.42. The predicted molar refractivity (Wildman–Crippen MR) is 54.4 cm³/mol. The van der Waals surface area contributed by atoms with Gasteiger partial charge in [-0.25, -0.2) is 0 Å². The van der Waals surface area contributed by atoms with Gasteiger partial charge in [0.15, 0.2) is 0 Å². The maximum absolute atomic E-state index is 5.78. The van der Waals surface area contributed by atoms with Gasteiger partial charge in [0.25, 0.3) is 0 Å². The van der Waals surface area contributed by atoms with Crippen LogP contribution in [0.2, 0.25) is 0 Å². The minimum absolute atomic E-state index is 0.196. The minimum atomic E-state index is 0.196. The third kappa shape index (κ3) is 2.42. The molecule has 0 aromatic carbocycles. The molecule has 0 aliphatic carbocycles. The number of nitrogens with one attached hydrogen (secondary N) is 1. The van der Waals surface area contributed by atoms with Gasteiger partial charge in [-0.05, 0) is 14.0 Å². The van der Waals surface area contributed by atoms with E-state index in [9.17, 15) is 0 Å². The summed E-state index contributed by atoms with van der Waals surface area (Å²) in [5.41, 5.74) is 0.196. The molecule has 0 aromatic rings. The molecule has 1 N–H and O–H groups in total. The van der Waals surface area contributed by atoms with Gasteiger partial charge in [-0.2, -0.15) is 0 Å². The van der Waals surface area contributed by atoms with Gasteiger partial charge < -0.3 is 10.1 Å². The van der Waals surface area contributed by atoms with Crippen LogP contribution < -0.4 is 5.32 Å². The molecule has 1 saturated heterocycles. The van der Waals surface area contributed by atoms with Crippen LogP contribution in [0.25, 0.3) is 0 Å². The molecule has 0 aromatic heterocycles. The second-order valence-corrected chi connectivity index (χ2v) is 4.93. The summed E-state index contributed by atoms with van der Waals surface area (Å²) in [4.78, 5) is 2.38. The van der Waals surface area contributed by atoms with E-state index >= 15 is 0 Å². The molecule has 0 amide bonds.